The number of aromatic nitrogens is 2. The summed E-state index contributed by atoms with van der Waals surface area (Å²) in [6.45, 7) is 7.83. The number of benzene rings is 1. The summed E-state index contributed by atoms with van der Waals surface area (Å²) in [6.07, 6.45) is -3.56. The van der Waals surface area contributed by atoms with E-state index in [0.717, 1.165) is 17.7 Å². The van der Waals surface area contributed by atoms with Crippen LogP contribution >= 0.6 is 0 Å². The summed E-state index contributed by atoms with van der Waals surface area (Å²) in [6, 6.07) is 9.32. The number of rotatable bonds is 5. The van der Waals surface area contributed by atoms with Crippen LogP contribution in [-0.2, 0) is 34.0 Å². The molecule has 5 rings (SSSR count). The highest BCUT2D eigenvalue weighted by Crippen LogP contribution is 2.32. The Morgan fingerprint density at radius 1 is 0.956 bits per heavy atom. The third kappa shape index (κ3) is 7.36. The molecule has 2 aliphatic rings. The van der Waals surface area contributed by atoms with Crippen molar-refractivity contribution >= 4 is 33.5 Å². The first-order valence-corrected chi connectivity index (χ1v) is 15.6. The number of nitrogens with zero attached hydrogens (tertiary/aromatic N) is 5. The van der Waals surface area contributed by atoms with E-state index in [1.54, 1.807) is 31.7 Å². The van der Waals surface area contributed by atoms with E-state index in [4.69, 9.17) is 4.74 Å². The summed E-state index contributed by atoms with van der Waals surface area (Å²) in [5, 5.41) is 2.73. The molecule has 2 amide bonds. The highest BCUT2D eigenvalue weighted by molar-refractivity contribution is 7.89. The summed E-state index contributed by atoms with van der Waals surface area (Å²) in [5.41, 5.74) is 0.832. The molecule has 3 aromatic rings. The van der Waals surface area contributed by atoms with E-state index in [1.165, 1.54) is 46.6 Å². The van der Waals surface area contributed by atoms with Gasteiger partial charge >= 0.3 is 12.3 Å². The van der Waals surface area contributed by atoms with Crippen LogP contribution < -0.4 is 10.2 Å². The van der Waals surface area contributed by atoms with E-state index < -0.39 is 39.4 Å². The van der Waals surface area contributed by atoms with E-state index in [9.17, 15) is 31.2 Å². The van der Waals surface area contributed by atoms with Gasteiger partial charge in [0, 0.05) is 43.8 Å². The molecule has 1 aromatic carbocycles. The van der Waals surface area contributed by atoms with Crippen molar-refractivity contribution in [3.63, 3.8) is 0 Å². The number of aryl methyl sites for hydroxylation is 1. The molecule has 0 saturated carbocycles. The number of fused-ring (bicyclic) bond motifs is 1. The van der Waals surface area contributed by atoms with E-state index in [1.807, 2.05) is 0 Å². The van der Waals surface area contributed by atoms with Crippen LogP contribution in [0.2, 0.25) is 0 Å². The Hall–Kier alpha value is -4.24. The molecular weight excluding hydrogens is 613 g/mol. The zero-order valence-corrected chi connectivity index (χ0v) is 26.0. The zero-order valence-electron chi connectivity index (χ0n) is 25.2. The third-order valence-corrected chi connectivity index (χ3v) is 9.17. The van der Waals surface area contributed by atoms with Crippen LogP contribution in [-0.4, -0.2) is 71.4 Å². The minimum absolute atomic E-state index is 0.0171. The first kappa shape index (κ1) is 32.2. The predicted molar refractivity (Wildman–Crippen MR) is 159 cm³/mol. The van der Waals surface area contributed by atoms with Crippen LogP contribution in [0.15, 0.2) is 53.6 Å². The molecule has 2 aliphatic heterocycles. The molecule has 1 saturated heterocycles. The van der Waals surface area contributed by atoms with Gasteiger partial charge in [-0.05, 0) is 75.7 Å². The molecule has 0 spiro atoms. The molecule has 0 atom stereocenters. The van der Waals surface area contributed by atoms with Crippen LogP contribution in [0.25, 0.3) is 0 Å². The number of anilines is 2. The lowest BCUT2D eigenvalue weighted by atomic mass is 10.1. The van der Waals surface area contributed by atoms with Gasteiger partial charge in [-0.3, -0.25) is 14.7 Å². The number of piperazine rings is 1. The summed E-state index contributed by atoms with van der Waals surface area (Å²) < 4.78 is 73.0. The molecule has 0 aliphatic carbocycles. The Bertz CT molecular complexity index is 1720. The maximum atomic E-state index is 13.3. The van der Waals surface area contributed by atoms with Gasteiger partial charge < -0.3 is 15.0 Å². The smallest absolute Gasteiger partial charge is 0.416 e. The lowest BCUT2D eigenvalue weighted by molar-refractivity contribution is -0.137. The minimum atomic E-state index is -4.51. The standard InChI is InChI=1S/C30H33F3N6O5S/c1-19-13-22(30(31,32)33)15-26(35-19)37-9-11-39(12-10-37)45(42,43)24-7-5-23(6-8-24)36-27(40)20-14-21-17-38(18-25(21)34-16-20)28(41)44-29(2,3)4/h5-8,13-16H,9-12,17-18H2,1-4H3,(H,36,40). The van der Waals surface area contributed by atoms with Crippen molar-refractivity contribution in [1.29, 1.82) is 0 Å². The van der Waals surface area contributed by atoms with Gasteiger partial charge in [0.2, 0.25) is 10.0 Å². The number of hydrogen-bond acceptors (Lipinski definition) is 8. The second kappa shape index (κ2) is 11.9. The van der Waals surface area contributed by atoms with Crippen molar-refractivity contribution in [3.8, 4) is 0 Å². The fraction of sp³-hybridized carbons (Fsp3) is 0.400. The van der Waals surface area contributed by atoms with Crippen molar-refractivity contribution in [2.45, 2.75) is 57.5 Å². The predicted octanol–water partition coefficient (Wildman–Crippen LogP) is 4.82. The van der Waals surface area contributed by atoms with Gasteiger partial charge in [-0.15, -0.1) is 0 Å². The number of carbonyl (C=O) groups excluding carboxylic acids is 2. The van der Waals surface area contributed by atoms with Gasteiger partial charge in [0.15, 0.2) is 0 Å². The van der Waals surface area contributed by atoms with E-state index >= 15 is 0 Å². The molecule has 2 aromatic heterocycles. The van der Waals surface area contributed by atoms with Crippen molar-refractivity contribution < 1.29 is 35.9 Å². The Morgan fingerprint density at radius 2 is 1.62 bits per heavy atom. The van der Waals surface area contributed by atoms with Crippen molar-refractivity contribution in [2.75, 3.05) is 36.4 Å². The SMILES string of the molecule is Cc1cc(C(F)(F)F)cc(N2CCN(S(=O)(=O)c3ccc(NC(=O)c4cnc5c(c4)CN(C(=O)OC(C)(C)C)C5)cc3)CC2)n1. The molecule has 45 heavy (non-hydrogen) atoms. The number of alkyl halides is 3. The molecule has 4 heterocycles. The first-order valence-electron chi connectivity index (χ1n) is 14.2. The van der Waals surface area contributed by atoms with E-state index in [0.29, 0.717) is 11.4 Å². The molecule has 15 heteroatoms. The average molecular weight is 647 g/mol. The fourth-order valence-electron chi connectivity index (χ4n) is 5.04. The van der Waals surface area contributed by atoms with Gasteiger partial charge in [0.1, 0.15) is 11.4 Å². The van der Waals surface area contributed by atoms with Crippen LogP contribution in [0.5, 0.6) is 0 Å². The lowest BCUT2D eigenvalue weighted by Crippen LogP contribution is -2.49. The number of amides is 2. The topological polar surface area (TPSA) is 125 Å². The van der Waals surface area contributed by atoms with Crippen LogP contribution in [0.3, 0.4) is 0 Å². The van der Waals surface area contributed by atoms with Gasteiger partial charge in [-0.2, -0.15) is 17.5 Å². The monoisotopic (exact) mass is 646 g/mol. The van der Waals surface area contributed by atoms with Crippen molar-refractivity contribution in [2.24, 2.45) is 0 Å². The van der Waals surface area contributed by atoms with Gasteiger partial charge in [-0.25, -0.2) is 18.2 Å². The first-order chi connectivity index (χ1) is 21.0. The number of hydrogen-bond donors (Lipinski definition) is 1. The Balaban J connectivity index is 1.19. The molecule has 0 radical (unpaired) electrons. The van der Waals surface area contributed by atoms with E-state index in [-0.39, 0.29) is 61.2 Å². The second-order valence-corrected chi connectivity index (χ2v) is 13.8. The fourth-order valence-corrected chi connectivity index (χ4v) is 6.46. The average Bonchev–Trinajstić information content (AvgIpc) is 3.40. The number of pyridine rings is 2. The van der Waals surface area contributed by atoms with Crippen LogP contribution in [0.1, 0.15) is 53.6 Å². The molecule has 0 bridgehead atoms. The van der Waals surface area contributed by atoms with Crippen LogP contribution in [0.4, 0.5) is 29.5 Å². The molecule has 1 fully saturated rings. The number of halogens is 3. The minimum Gasteiger partial charge on any atom is -0.444 e. The number of ether oxygens (including phenoxy) is 1. The van der Waals surface area contributed by atoms with Crippen molar-refractivity contribution in [3.05, 3.63) is 76.7 Å². The molecule has 11 nitrogen and oxygen atoms in total. The molecule has 0 unspecified atom stereocenters. The van der Waals surface area contributed by atoms with Crippen LogP contribution in [0, 0.1) is 6.92 Å². The normalized spacial score (nSPS) is 16.0. The van der Waals surface area contributed by atoms with Gasteiger partial charge in [0.25, 0.3) is 5.91 Å². The number of nitrogens with one attached hydrogen (secondary N) is 1. The second-order valence-electron chi connectivity index (χ2n) is 11.9. The number of sulfonamides is 1. The highest BCUT2D eigenvalue weighted by Gasteiger charge is 2.34. The Labute approximate surface area is 259 Å². The largest absolute Gasteiger partial charge is 0.444 e. The highest BCUT2D eigenvalue weighted by atomic mass is 32.2. The summed E-state index contributed by atoms with van der Waals surface area (Å²) in [5.74, 6) is -0.301. The molecule has 240 valence electrons. The molecular formula is C30H33F3N6O5S. The maximum absolute atomic E-state index is 13.3. The quantitative estimate of drug-likeness (QED) is 0.419. The summed E-state index contributed by atoms with van der Waals surface area (Å²) >= 11 is 0. The zero-order chi connectivity index (χ0) is 32.7. The summed E-state index contributed by atoms with van der Waals surface area (Å²) in [4.78, 5) is 37.1. The Morgan fingerprint density at radius 3 is 2.24 bits per heavy atom. The van der Waals surface area contributed by atoms with Gasteiger partial charge in [-0.1, -0.05) is 0 Å². The number of carbonyl (C=O) groups is 2. The van der Waals surface area contributed by atoms with Crippen molar-refractivity contribution in [1.82, 2.24) is 19.2 Å². The van der Waals surface area contributed by atoms with E-state index in [2.05, 4.69) is 15.3 Å². The lowest BCUT2D eigenvalue weighted by Gasteiger charge is -2.35. The Kier molecular flexibility index (Phi) is 8.53. The summed E-state index contributed by atoms with van der Waals surface area (Å²) in [7, 11) is -3.89. The van der Waals surface area contributed by atoms with Gasteiger partial charge in [0.05, 0.1) is 34.8 Å². The third-order valence-electron chi connectivity index (χ3n) is 7.26. The maximum Gasteiger partial charge on any atom is 0.416 e. The molecule has 1 N–H and O–H groups in total.